The molecule has 2 N–H and O–H groups in total. The molecule has 4 aromatic rings. The zero-order chi connectivity index (χ0) is 23.5. The Balaban J connectivity index is 1.56. The molecule has 1 amide bonds. The van der Waals surface area contributed by atoms with Crippen molar-refractivity contribution in [3.05, 3.63) is 88.1 Å². The molecule has 7 nitrogen and oxygen atoms in total. The van der Waals surface area contributed by atoms with Gasteiger partial charge in [0.15, 0.2) is 0 Å². The van der Waals surface area contributed by atoms with Crippen LogP contribution in [0.3, 0.4) is 0 Å². The van der Waals surface area contributed by atoms with Crippen molar-refractivity contribution in [2.75, 3.05) is 7.11 Å². The lowest BCUT2D eigenvalue weighted by atomic mass is 10.0. The Kier molecular flexibility index (Phi) is 6.46. The number of amides is 1. The molecule has 0 aliphatic rings. The molecule has 170 valence electrons. The molecule has 0 aliphatic heterocycles. The number of para-hydroxylation sites is 1. The molecular weight excluding hydrogens is 447 g/mol. The molecule has 0 fully saturated rings. The van der Waals surface area contributed by atoms with Gasteiger partial charge in [-0.1, -0.05) is 41.9 Å². The predicted octanol–water partition coefficient (Wildman–Crippen LogP) is 4.03. The van der Waals surface area contributed by atoms with Crippen molar-refractivity contribution in [3.8, 4) is 0 Å². The van der Waals surface area contributed by atoms with Gasteiger partial charge in [0.05, 0.1) is 24.9 Å². The monoisotopic (exact) mass is 468 g/mol. The van der Waals surface area contributed by atoms with Gasteiger partial charge in [-0.05, 0) is 36.2 Å². The number of ether oxygens (including phenoxy) is 1. The van der Waals surface area contributed by atoms with Crippen LogP contribution in [0.2, 0.25) is 5.15 Å². The predicted molar refractivity (Wildman–Crippen MR) is 123 cm³/mol. The van der Waals surface area contributed by atoms with E-state index in [1.807, 2.05) is 30.5 Å². The number of aryl methyl sites for hydroxylation is 1. The van der Waals surface area contributed by atoms with Gasteiger partial charge in [0.1, 0.15) is 17.0 Å². The van der Waals surface area contributed by atoms with Crippen LogP contribution >= 0.6 is 11.6 Å². The number of methoxy groups -OCH3 is 1. The lowest BCUT2D eigenvalue weighted by Gasteiger charge is -2.16. The van der Waals surface area contributed by atoms with Gasteiger partial charge in [0.25, 0.3) is 5.91 Å². The van der Waals surface area contributed by atoms with Crippen LogP contribution in [0.25, 0.3) is 10.9 Å². The van der Waals surface area contributed by atoms with Crippen molar-refractivity contribution in [2.45, 2.75) is 25.9 Å². The maximum absolute atomic E-state index is 13.2. The quantitative estimate of drug-likeness (QED) is 0.401. The third-order valence-electron chi connectivity index (χ3n) is 5.43. The molecule has 2 aromatic carbocycles. The van der Waals surface area contributed by atoms with E-state index in [1.165, 1.54) is 23.9 Å². The zero-order valence-corrected chi connectivity index (χ0v) is 18.8. The Morgan fingerprint density at radius 3 is 2.67 bits per heavy atom. The van der Waals surface area contributed by atoms with E-state index in [0.29, 0.717) is 5.69 Å². The lowest BCUT2D eigenvalue weighted by molar-refractivity contribution is -0.142. The first-order valence-electron chi connectivity index (χ1n) is 10.3. The topological polar surface area (TPSA) is 89.0 Å². The number of aromatic amines is 1. The van der Waals surface area contributed by atoms with E-state index in [4.69, 9.17) is 16.3 Å². The molecule has 0 spiro atoms. The summed E-state index contributed by atoms with van der Waals surface area (Å²) in [5, 5.41) is 8.18. The van der Waals surface area contributed by atoms with Crippen LogP contribution in [-0.2, 0) is 22.5 Å². The molecule has 2 heterocycles. The summed E-state index contributed by atoms with van der Waals surface area (Å²) >= 11 is 6.47. The number of hydrogen-bond acceptors (Lipinski definition) is 4. The first-order valence-corrected chi connectivity index (χ1v) is 10.7. The zero-order valence-electron chi connectivity index (χ0n) is 18.1. The smallest absolute Gasteiger partial charge is 0.328 e. The molecule has 0 saturated carbocycles. The normalized spacial score (nSPS) is 12.0. The molecule has 4 rings (SSSR count). The van der Waals surface area contributed by atoms with E-state index in [-0.39, 0.29) is 29.5 Å². The van der Waals surface area contributed by atoms with E-state index < -0.39 is 17.9 Å². The summed E-state index contributed by atoms with van der Waals surface area (Å²) in [4.78, 5) is 28.7. The van der Waals surface area contributed by atoms with E-state index in [9.17, 15) is 14.0 Å². The van der Waals surface area contributed by atoms with Crippen LogP contribution in [0.15, 0.2) is 54.7 Å². The Morgan fingerprint density at radius 2 is 1.94 bits per heavy atom. The summed E-state index contributed by atoms with van der Waals surface area (Å²) in [6, 6.07) is 12.7. The van der Waals surface area contributed by atoms with Crippen LogP contribution in [0.4, 0.5) is 4.39 Å². The van der Waals surface area contributed by atoms with E-state index in [2.05, 4.69) is 15.4 Å². The summed E-state index contributed by atoms with van der Waals surface area (Å²) < 4.78 is 19.6. The average Bonchev–Trinajstić information content (AvgIpc) is 3.34. The number of carbonyl (C=O) groups is 2. The summed E-state index contributed by atoms with van der Waals surface area (Å²) in [6.45, 7) is 1.93. The summed E-state index contributed by atoms with van der Waals surface area (Å²) in [7, 11) is 1.27. The van der Waals surface area contributed by atoms with Crippen molar-refractivity contribution >= 4 is 34.4 Å². The van der Waals surface area contributed by atoms with Crippen molar-refractivity contribution in [2.24, 2.45) is 0 Å². The second-order valence-corrected chi connectivity index (χ2v) is 8.01. The third kappa shape index (κ3) is 4.75. The summed E-state index contributed by atoms with van der Waals surface area (Å²) in [6.07, 6.45) is 2.05. The SMILES string of the molecule is COC(=O)[C@@H](Cc1c[nH]c2ccccc12)NC(=O)c1c(C)nn(Cc2ccc(F)cc2)c1Cl. The third-order valence-corrected chi connectivity index (χ3v) is 5.81. The maximum Gasteiger partial charge on any atom is 0.328 e. The van der Waals surface area contributed by atoms with Crippen LogP contribution in [0, 0.1) is 12.7 Å². The van der Waals surface area contributed by atoms with Crippen LogP contribution in [-0.4, -0.2) is 39.8 Å². The molecular formula is C24H22ClFN4O3. The highest BCUT2D eigenvalue weighted by molar-refractivity contribution is 6.33. The van der Waals surface area contributed by atoms with E-state index in [0.717, 1.165) is 22.0 Å². The first-order chi connectivity index (χ1) is 15.9. The number of nitrogens with one attached hydrogen (secondary N) is 2. The van der Waals surface area contributed by atoms with Gasteiger partial charge in [-0.25, -0.2) is 13.9 Å². The Labute approximate surface area is 194 Å². The molecule has 0 aliphatic carbocycles. The fourth-order valence-electron chi connectivity index (χ4n) is 3.77. The lowest BCUT2D eigenvalue weighted by Crippen LogP contribution is -2.43. The largest absolute Gasteiger partial charge is 0.467 e. The molecule has 1 atom stereocenters. The first kappa shape index (κ1) is 22.5. The van der Waals surface area contributed by atoms with E-state index in [1.54, 1.807) is 19.1 Å². The number of hydrogen-bond donors (Lipinski definition) is 2. The number of carbonyl (C=O) groups excluding carboxylic acids is 2. The van der Waals surface area contributed by atoms with Gasteiger partial charge in [0, 0.05) is 23.5 Å². The second kappa shape index (κ2) is 9.46. The van der Waals surface area contributed by atoms with Gasteiger partial charge in [-0.2, -0.15) is 5.10 Å². The molecule has 0 radical (unpaired) electrons. The number of H-pyrrole nitrogens is 1. The van der Waals surface area contributed by atoms with Crippen molar-refractivity contribution in [1.29, 1.82) is 0 Å². The molecule has 0 bridgehead atoms. The van der Waals surface area contributed by atoms with E-state index >= 15 is 0 Å². The fourth-order valence-corrected chi connectivity index (χ4v) is 4.09. The number of nitrogens with zero attached hydrogens (tertiary/aromatic N) is 2. The van der Waals surface area contributed by atoms with Gasteiger partial charge < -0.3 is 15.0 Å². The number of esters is 1. The van der Waals surface area contributed by atoms with Gasteiger partial charge in [-0.15, -0.1) is 0 Å². The highest BCUT2D eigenvalue weighted by atomic mass is 35.5. The highest BCUT2D eigenvalue weighted by Gasteiger charge is 2.27. The fraction of sp³-hybridized carbons (Fsp3) is 0.208. The Hall–Kier alpha value is -3.65. The second-order valence-electron chi connectivity index (χ2n) is 7.65. The molecule has 9 heteroatoms. The van der Waals surface area contributed by atoms with Crippen molar-refractivity contribution in [3.63, 3.8) is 0 Å². The Morgan fingerprint density at radius 1 is 1.21 bits per heavy atom. The van der Waals surface area contributed by atoms with Gasteiger partial charge >= 0.3 is 5.97 Å². The number of halogens is 2. The number of benzene rings is 2. The molecule has 0 unspecified atom stereocenters. The minimum Gasteiger partial charge on any atom is -0.467 e. The van der Waals surface area contributed by atoms with Crippen molar-refractivity contribution < 1.29 is 18.7 Å². The summed E-state index contributed by atoms with van der Waals surface area (Å²) in [5.41, 5.74) is 3.17. The molecule has 0 saturated heterocycles. The highest BCUT2D eigenvalue weighted by Crippen LogP contribution is 2.23. The minimum absolute atomic E-state index is 0.130. The standard InChI is InChI=1S/C24H22ClFN4O3/c1-14-21(22(25)30(29-14)13-15-7-9-17(26)10-8-15)23(31)28-20(24(32)33-2)11-16-12-27-19-6-4-3-5-18(16)19/h3-10,12,20,27H,11,13H2,1-2H3,(H,28,31)/t20-/m1/s1. The Bertz CT molecular complexity index is 1310. The van der Waals surface area contributed by atoms with Crippen LogP contribution in [0.5, 0.6) is 0 Å². The van der Waals surface area contributed by atoms with Crippen LogP contribution in [0.1, 0.15) is 27.2 Å². The minimum atomic E-state index is -0.919. The number of fused-ring (bicyclic) bond motifs is 1. The molecule has 2 aromatic heterocycles. The number of rotatable bonds is 7. The molecule has 33 heavy (non-hydrogen) atoms. The number of aromatic nitrogens is 3. The van der Waals surface area contributed by atoms with Gasteiger partial charge in [-0.3, -0.25) is 4.79 Å². The van der Waals surface area contributed by atoms with Gasteiger partial charge in [0.2, 0.25) is 0 Å². The van der Waals surface area contributed by atoms with Crippen molar-refractivity contribution in [1.82, 2.24) is 20.1 Å². The maximum atomic E-state index is 13.2. The average molecular weight is 469 g/mol. The van der Waals surface area contributed by atoms with Crippen LogP contribution < -0.4 is 5.32 Å². The summed E-state index contributed by atoms with van der Waals surface area (Å²) in [5.74, 6) is -1.44.